The number of carbonyl (C=O) groups is 1. The van der Waals surface area contributed by atoms with Gasteiger partial charge in [0.2, 0.25) is 5.95 Å². The van der Waals surface area contributed by atoms with Crippen molar-refractivity contribution in [2.75, 3.05) is 10.6 Å². The van der Waals surface area contributed by atoms with Crippen LogP contribution in [-0.4, -0.2) is 26.1 Å². The molecule has 0 spiro atoms. The Morgan fingerprint density at radius 3 is 2.54 bits per heavy atom. The fourth-order valence-electron chi connectivity index (χ4n) is 3.08. The molecule has 2 N–H and O–H groups in total. The molecule has 2 aromatic carbocycles. The highest BCUT2D eigenvalue weighted by atomic mass is 16.1. The number of rotatable bonds is 3. The first kappa shape index (κ1) is 16.0. The molecule has 0 saturated heterocycles. The number of carbonyl (C=O) groups excluding carboxylic acids is 1. The topological polar surface area (TPSA) is 84.7 Å². The molecule has 130 valence electrons. The number of amides is 1. The van der Waals surface area contributed by atoms with Gasteiger partial charge in [-0.15, -0.1) is 0 Å². The average Bonchev–Trinajstić information content (AvgIpc) is 3.10. The molecule has 7 nitrogen and oxygen atoms in total. The third-order valence-corrected chi connectivity index (χ3v) is 4.38. The van der Waals surface area contributed by atoms with Gasteiger partial charge in [-0.2, -0.15) is 4.68 Å². The third-order valence-electron chi connectivity index (χ3n) is 4.38. The van der Waals surface area contributed by atoms with E-state index in [0.717, 1.165) is 22.5 Å². The lowest BCUT2D eigenvalue weighted by atomic mass is 9.94. The predicted octanol–water partition coefficient (Wildman–Crippen LogP) is 2.91. The molecule has 0 aliphatic carbocycles. The number of hydrogen-bond donors (Lipinski definition) is 2. The van der Waals surface area contributed by atoms with Crippen LogP contribution in [-0.2, 0) is 4.79 Å². The van der Waals surface area contributed by atoms with Crippen molar-refractivity contribution in [2.24, 2.45) is 0 Å². The SMILES string of the molecule is CC1=C(C(=O)Nc2ccccc2)C(c2ccc(C)cc2)n2nnnc2N1. The summed E-state index contributed by atoms with van der Waals surface area (Å²) in [6.45, 7) is 3.89. The van der Waals surface area contributed by atoms with E-state index in [0.29, 0.717) is 11.5 Å². The first-order valence-electron chi connectivity index (χ1n) is 8.32. The third kappa shape index (κ3) is 2.83. The zero-order valence-corrected chi connectivity index (χ0v) is 14.5. The first-order chi connectivity index (χ1) is 12.6. The van der Waals surface area contributed by atoms with Crippen molar-refractivity contribution in [3.63, 3.8) is 0 Å². The number of fused-ring (bicyclic) bond motifs is 1. The van der Waals surface area contributed by atoms with Gasteiger partial charge in [-0.1, -0.05) is 53.1 Å². The maximum Gasteiger partial charge on any atom is 0.255 e. The fourth-order valence-corrected chi connectivity index (χ4v) is 3.08. The van der Waals surface area contributed by atoms with Gasteiger partial charge >= 0.3 is 0 Å². The summed E-state index contributed by atoms with van der Waals surface area (Å²) in [6.07, 6.45) is 0. The van der Waals surface area contributed by atoms with Crippen molar-refractivity contribution in [3.05, 3.63) is 77.0 Å². The largest absolute Gasteiger partial charge is 0.326 e. The van der Waals surface area contributed by atoms with E-state index in [2.05, 4.69) is 26.2 Å². The van der Waals surface area contributed by atoms with Crippen LogP contribution < -0.4 is 10.6 Å². The molecule has 26 heavy (non-hydrogen) atoms. The molecule has 0 fully saturated rings. The van der Waals surface area contributed by atoms with E-state index in [-0.39, 0.29) is 5.91 Å². The van der Waals surface area contributed by atoms with E-state index < -0.39 is 6.04 Å². The molecular weight excluding hydrogens is 328 g/mol. The number of hydrogen-bond acceptors (Lipinski definition) is 5. The Bertz CT molecular complexity index is 975. The summed E-state index contributed by atoms with van der Waals surface area (Å²) >= 11 is 0. The zero-order valence-electron chi connectivity index (χ0n) is 14.5. The van der Waals surface area contributed by atoms with Crippen LogP contribution in [0.2, 0.25) is 0 Å². The van der Waals surface area contributed by atoms with Crippen molar-refractivity contribution in [3.8, 4) is 0 Å². The normalized spacial score (nSPS) is 16.0. The first-order valence-corrected chi connectivity index (χ1v) is 8.32. The van der Waals surface area contributed by atoms with Crippen molar-refractivity contribution in [2.45, 2.75) is 19.9 Å². The molecule has 1 atom stereocenters. The van der Waals surface area contributed by atoms with Crippen LogP contribution in [0, 0.1) is 6.92 Å². The molecule has 1 aromatic heterocycles. The van der Waals surface area contributed by atoms with Gasteiger partial charge in [0.05, 0.1) is 5.57 Å². The Labute approximate surface area is 150 Å². The van der Waals surface area contributed by atoms with Crippen molar-refractivity contribution in [1.29, 1.82) is 0 Å². The van der Waals surface area contributed by atoms with E-state index in [1.807, 2.05) is 68.4 Å². The minimum absolute atomic E-state index is 0.187. The molecule has 2 heterocycles. The number of aromatic nitrogens is 4. The molecule has 0 radical (unpaired) electrons. The smallest absolute Gasteiger partial charge is 0.255 e. The Morgan fingerprint density at radius 1 is 1.08 bits per heavy atom. The van der Waals surface area contributed by atoms with E-state index >= 15 is 0 Å². The predicted molar refractivity (Wildman–Crippen MR) is 98.5 cm³/mol. The van der Waals surface area contributed by atoms with E-state index in [4.69, 9.17) is 0 Å². The molecule has 3 aromatic rings. The highest BCUT2D eigenvalue weighted by Gasteiger charge is 2.33. The number of tetrazole rings is 1. The lowest BCUT2D eigenvalue weighted by molar-refractivity contribution is -0.113. The minimum atomic E-state index is -0.398. The fraction of sp³-hybridized carbons (Fsp3) is 0.158. The number of nitrogens with zero attached hydrogens (tertiary/aromatic N) is 4. The van der Waals surface area contributed by atoms with E-state index in [1.54, 1.807) is 4.68 Å². The lowest BCUT2D eigenvalue weighted by Gasteiger charge is -2.28. The number of nitrogens with one attached hydrogen (secondary N) is 2. The summed E-state index contributed by atoms with van der Waals surface area (Å²) in [5.74, 6) is 0.331. The van der Waals surface area contributed by atoms with Crippen LogP contribution in [0.1, 0.15) is 24.1 Å². The summed E-state index contributed by atoms with van der Waals surface area (Å²) in [4.78, 5) is 13.1. The van der Waals surface area contributed by atoms with Crippen LogP contribution in [0.3, 0.4) is 0 Å². The number of anilines is 2. The van der Waals surface area contributed by atoms with Gasteiger partial charge in [-0.05, 0) is 42.0 Å². The number of allylic oxidation sites excluding steroid dienone is 1. The number of para-hydroxylation sites is 1. The van der Waals surface area contributed by atoms with Gasteiger partial charge in [0.1, 0.15) is 6.04 Å². The van der Waals surface area contributed by atoms with Crippen molar-refractivity contribution in [1.82, 2.24) is 20.2 Å². The second-order valence-electron chi connectivity index (χ2n) is 6.24. The molecule has 0 bridgehead atoms. The molecule has 1 aliphatic rings. The molecule has 7 heteroatoms. The Morgan fingerprint density at radius 2 is 1.81 bits per heavy atom. The quantitative estimate of drug-likeness (QED) is 0.762. The van der Waals surface area contributed by atoms with E-state index in [9.17, 15) is 4.79 Å². The van der Waals surface area contributed by atoms with Gasteiger partial charge < -0.3 is 10.6 Å². The average molecular weight is 346 g/mol. The van der Waals surface area contributed by atoms with Crippen LogP contribution in [0.5, 0.6) is 0 Å². The van der Waals surface area contributed by atoms with Gasteiger partial charge in [0, 0.05) is 11.4 Å². The van der Waals surface area contributed by atoms with Gasteiger partial charge in [-0.25, -0.2) is 0 Å². The monoisotopic (exact) mass is 346 g/mol. The summed E-state index contributed by atoms with van der Waals surface area (Å²) in [6, 6.07) is 17.0. The maximum atomic E-state index is 13.1. The zero-order chi connectivity index (χ0) is 18.1. The van der Waals surface area contributed by atoms with Crippen molar-refractivity contribution < 1.29 is 4.79 Å². The second kappa shape index (κ2) is 6.44. The lowest BCUT2D eigenvalue weighted by Crippen LogP contribution is -2.31. The van der Waals surface area contributed by atoms with Crippen LogP contribution in [0.4, 0.5) is 11.6 Å². The highest BCUT2D eigenvalue weighted by molar-refractivity contribution is 6.05. The standard InChI is InChI=1S/C19H18N6O/c1-12-8-10-14(11-9-12)17-16(13(2)20-19-22-23-24-25(17)19)18(26)21-15-6-4-3-5-7-15/h3-11,17H,1-2H3,(H,21,26)(H,20,22,24). The van der Waals surface area contributed by atoms with Gasteiger partial charge in [0.15, 0.2) is 0 Å². The van der Waals surface area contributed by atoms with Crippen LogP contribution in [0.25, 0.3) is 0 Å². The Balaban J connectivity index is 1.77. The van der Waals surface area contributed by atoms with Gasteiger partial charge in [0.25, 0.3) is 5.91 Å². The van der Waals surface area contributed by atoms with E-state index in [1.165, 1.54) is 0 Å². The Kier molecular flexibility index (Phi) is 3.96. The summed E-state index contributed by atoms with van der Waals surface area (Å²) in [7, 11) is 0. The summed E-state index contributed by atoms with van der Waals surface area (Å²) < 4.78 is 1.64. The summed E-state index contributed by atoms with van der Waals surface area (Å²) in [5, 5.41) is 17.9. The molecular formula is C19H18N6O. The highest BCUT2D eigenvalue weighted by Crippen LogP contribution is 2.34. The number of aryl methyl sites for hydroxylation is 1. The summed E-state index contributed by atoms with van der Waals surface area (Å²) in [5.41, 5.74) is 4.14. The van der Waals surface area contributed by atoms with Crippen LogP contribution in [0.15, 0.2) is 65.9 Å². The molecule has 1 aliphatic heterocycles. The number of benzene rings is 2. The molecule has 4 rings (SSSR count). The van der Waals surface area contributed by atoms with Crippen molar-refractivity contribution >= 4 is 17.5 Å². The Hall–Kier alpha value is -3.48. The van der Waals surface area contributed by atoms with Gasteiger partial charge in [-0.3, -0.25) is 4.79 Å². The molecule has 1 unspecified atom stereocenters. The maximum absolute atomic E-state index is 13.1. The minimum Gasteiger partial charge on any atom is -0.326 e. The molecule has 1 amide bonds. The van der Waals surface area contributed by atoms with Crippen LogP contribution >= 0.6 is 0 Å². The molecule has 0 saturated carbocycles. The second-order valence-corrected chi connectivity index (χ2v) is 6.24.